The minimum Gasteiger partial charge on any atom is -0.0649 e. The first-order valence-electron chi connectivity index (χ1n) is 7.47. The van der Waals surface area contributed by atoms with Gasteiger partial charge in [0.05, 0.1) is 0 Å². The Kier molecular flexibility index (Phi) is 6.32. The molecule has 0 radical (unpaired) electrons. The summed E-state index contributed by atoms with van der Waals surface area (Å²) in [5.41, 5.74) is 6.57. The first kappa shape index (κ1) is 18.2. The van der Waals surface area contributed by atoms with Gasteiger partial charge in [0.15, 0.2) is 0 Å². The molecule has 0 bridgehead atoms. The Morgan fingerprint density at radius 3 is 1.21 bits per heavy atom. The molecule has 0 aliphatic rings. The van der Waals surface area contributed by atoms with Gasteiger partial charge in [-0.3, -0.25) is 0 Å². The molecular weight excluding hydrogens is 228 g/mol. The summed E-state index contributed by atoms with van der Waals surface area (Å²) >= 11 is 0. The summed E-state index contributed by atoms with van der Waals surface area (Å²) in [4.78, 5) is 0. The SMILES string of the molecule is CCC(C)(C)C(C)(C)C.Cc1ccc(C)c(C)c1C. The average molecular weight is 262 g/mol. The normalized spacial score (nSPS) is 11.9. The van der Waals surface area contributed by atoms with Gasteiger partial charge in [-0.25, -0.2) is 0 Å². The van der Waals surface area contributed by atoms with Crippen LogP contribution in [0, 0.1) is 38.5 Å². The van der Waals surface area contributed by atoms with Crippen molar-refractivity contribution in [1.29, 1.82) is 0 Å². The molecule has 0 spiro atoms. The number of hydrogen-bond acceptors (Lipinski definition) is 0. The summed E-state index contributed by atoms with van der Waals surface area (Å²) in [7, 11) is 0. The van der Waals surface area contributed by atoms with Crippen LogP contribution < -0.4 is 0 Å². The highest BCUT2D eigenvalue weighted by Gasteiger charge is 2.30. The molecule has 0 amide bonds. The maximum atomic E-state index is 2.33. The van der Waals surface area contributed by atoms with Gasteiger partial charge in [-0.1, -0.05) is 60.1 Å². The van der Waals surface area contributed by atoms with E-state index in [4.69, 9.17) is 0 Å². The molecule has 0 heteroatoms. The number of aryl methyl sites for hydroxylation is 2. The van der Waals surface area contributed by atoms with Gasteiger partial charge in [0.1, 0.15) is 0 Å². The van der Waals surface area contributed by atoms with E-state index in [0.717, 1.165) is 0 Å². The van der Waals surface area contributed by atoms with E-state index in [9.17, 15) is 0 Å². The predicted octanol–water partition coefficient (Wildman–Crippen LogP) is 6.39. The molecule has 0 aromatic heterocycles. The Balaban J connectivity index is 0.000000344. The zero-order valence-electron chi connectivity index (χ0n) is 14.9. The predicted molar refractivity (Wildman–Crippen MR) is 88.9 cm³/mol. The van der Waals surface area contributed by atoms with Gasteiger partial charge in [-0.15, -0.1) is 0 Å². The molecule has 0 atom stereocenters. The van der Waals surface area contributed by atoms with Crippen molar-refractivity contribution in [3.63, 3.8) is 0 Å². The van der Waals surface area contributed by atoms with Crippen LogP contribution in [-0.4, -0.2) is 0 Å². The molecule has 19 heavy (non-hydrogen) atoms. The Labute approximate surface area is 121 Å². The van der Waals surface area contributed by atoms with Gasteiger partial charge in [0.25, 0.3) is 0 Å². The Bertz CT molecular complexity index is 376. The van der Waals surface area contributed by atoms with Crippen LogP contribution in [0.3, 0.4) is 0 Å². The van der Waals surface area contributed by atoms with Gasteiger partial charge < -0.3 is 0 Å². The maximum Gasteiger partial charge on any atom is -0.0308 e. The molecule has 0 N–H and O–H groups in total. The molecule has 0 unspecified atom stereocenters. The Morgan fingerprint density at radius 2 is 1.05 bits per heavy atom. The van der Waals surface area contributed by atoms with Crippen LogP contribution >= 0.6 is 0 Å². The van der Waals surface area contributed by atoms with Crippen LogP contribution in [0.5, 0.6) is 0 Å². The van der Waals surface area contributed by atoms with E-state index in [2.05, 4.69) is 81.4 Å². The van der Waals surface area contributed by atoms with E-state index in [1.165, 1.54) is 28.7 Å². The second kappa shape index (κ2) is 6.59. The van der Waals surface area contributed by atoms with E-state index in [1.54, 1.807) is 0 Å². The second-order valence-corrected chi connectivity index (χ2v) is 7.44. The van der Waals surface area contributed by atoms with E-state index >= 15 is 0 Å². The third kappa shape index (κ3) is 5.01. The van der Waals surface area contributed by atoms with Crippen LogP contribution in [-0.2, 0) is 0 Å². The largest absolute Gasteiger partial charge is 0.0649 e. The van der Waals surface area contributed by atoms with E-state index < -0.39 is 0 Å². The monoisotopic (exact) mass is 262 g/mol. The fourth-order valence-corrected chi connectivity index (χ4v) is 1.62. The highest BCUT2D eigenvalue weighted by Crippen LogP contribution is 2.40. The maximum absolute atomic E-state index is 2.33. The van der Waals surface area contributed by atoms with Crippen molar-refractivity contribution in [2.45, 2.75) is 75.7 Å². The lowest BCUT2D eigenvalue weighted by Crippen LogP contribution is -2.28. The van der Waals surface area contributed by atoms with Crippen molar-refractivity contribution in [3.8, 4) is 0 Å². The molecule has 0 saturated carbocycles. The van der Waals surface area contributed by atoms with Crippen molar-refractivity contribution in [1.82, 2.24) is 0 Å². The lowest BCUT2D eigenvalue weighted by atomic mass is 9.68. The van der Waals surface area contributed by atoms with Crippen LogP contribution in [0.25, 0.3) is 0 Å². The Hall–Kier alpha value is -0.780. The number of hydrogen-bond donors (Lipinski definition) is 0. The summed E-state index contributed by atoms with van der Waals surface area (Å²) in [6, 6.07) is 4.36. The zero-order chi connectivity index (χ0) is 15.4. The van der Waals surface area contributed by atoms with Crippen molar-refractivity contribution in [2.24, 2.45) is 10.8 Å². The van der Waals surface area contributed by atoms with Crippen molar-refractivity contribution < 1.29 is 0 Å². The average Bonchev–Trinajstić information content (AvgIpc) is 2.31. The molecule has 0 aliphatic heterocycles. The van der Waals surface area contributed by atoms with Crippen molar-refractivity contribution in [2.75, 3.05) is 0 Å². The summed E-state index contributed by atoms with van der Waals surface area (Å²) in [5.74, 6) is 0. The first-order valence-corrected chi connectivity index (χ1v) is 7.47. The fourth-order valence-electron chi connectivity index (χ4n) is 1.62. The molecule has 0 heterocycles. The van der Waals surface area contributed by atoms with E-state index in [-0.39, 0.29) is 0 Å². The van der Waals surface area contributed by atoms with Crippen LogP contribution in [0.1, 0.15) is 70.2 Å². The molecule has 0 aliphatic carbocycles. The molecule has 1 aromatic rings. The third-order valence-corrected chi connectivity index (χ3v) is 5.24. The quantitative estimate of drug-likeness (QED) is 0.550. The van der Waals surface area contributed by atoms with Crippen LogP contribution in [0.4, 0.5) is 0 Å². The van der Waals surface area contributed by atoms with Crippen molar-refractivity contribution in [3.05, 3.63) is 34.4 Å². The van der Waals surface area contributed by atoms with Crippen LogP contribution in [0.2, 0.25) is 0 Å². The third-order valence-electron chi connectivity index (χ3n) is 5.24. The summed E-state index contributed by atoms with van der Waals surface area (Å²) in [6.07, 6.45) is 1.26. The van der Waals surface area contributed by atoms with Gasteiger partial charge >= 0.3 is 0 Å². The molecular formula is C19H34. The van der Waals surface area contributed by atoms with E-state index in [0.29, 0.717) is 10.8 Å². The van der Waals surface area contributed by atoms with Gasteiger partial charge in [0, 0.05) is 0 Å². The first-order chi connectivity index (χ1) is 8.44. The molecule has 0 fully saturated rings. The highest BCUT2D eigenvalue weighted by molar-refractivity contribution is 5.37. The fraction of sp³-hybridized carbons (Fsp3) is 0.684. The summed E-state index contributed by atoms with van der Waals surface area (Å²) in [5, 5.41) is 0. The molecule has 110 valence electrons. The smallest absolute Gasteiger partial charge is 0.0308 e. The molecule has 1 aromatic carbocycles. The topological polar surface area (TPSA) is 0 Å². The minimum atomic E-state index is 0.446. The number of benzene rings is 1. The minimum absolute atomic E-state index is 0.446. The van der Waals surface area contributed by atoms with Gasteiger partial charge in [-0.2, -0.15) is 0 Å². The second-order valence-electron chi connectivity index (χ2n) is 7.44. The highest BCUT2D eigenvalue weighted by atomic mass is 14.3. The molecule has 1 rings (SSSR count). The standard InChI is InChI=1S/C10H14.C9H20/c1-7-5-6-8(2)10(4)9(7)3;1-7-9(5,6)8(2,3)4/h5-6H,1-4H3;7H2,1-6H3. The van der Waals surface area contributed by atoms with Crippen LogP contribution in [0.15, 0.2) is 12.1 Å². The van der Waals surface area contributed by atoms with Gasteiger partial charge in [-0.05, 0) is 60.8 Å². The summed E-state index contributed by atoms with van der Waals surface area (Å²) < 4.78 is 0. The van der Waals surface area contributed by atoms with Gasteiger partial charge in [0.2, 0.25) is 0 Å². The zero-order valence-corrected chi connectivity index (χ0v) is 14.9. The molecule has 0 saturated heterocycles. The van der Waals surface area contributed by atoms with E-state index in [1.807, 2.05) is 0 Å². The lowest BCUT2D eigenvalue weighted by Gasteiger charge is -2.37. The Morgan fingerprint density at radius 1 is 0.737 bits per heavy atom. The molecule has 0 nitrogen and oxygen atoms in total. The van der Waals surface area contributed by atoms with Crippen molar-refractivity contribution >= 4 is 0 Å². The lowest BCUT2D eigenvalue weighted by molar-refractivity contribution is 0.126. The summed E-state index contributed by atoms with van der Waals surface area (Å²) in [6.45, 7) is 22.5. The number of rotatable bonds is 1.